The number of rotatable bonds is 7. The van der Waals surface area contributed by atoms with Crippen molar-refractivity contribution >= 4 is 36.0 Å². The van der Waals surface area contributed by atoms with Crippen molar-refractivity contribution < 1.29 is 0 Å². The molecule has 0 aliphatic rings. The molecule has 0 spiro atoms. The molecule has 2 aromatic carbocycles. The summed E-state index contributed by atoms with van der Waals surface area (Å²) in [4.78, 5) is 6.62. The largest absolute Gasteiger partial charge is 0.372 e. The van der Waals surface area contributed by atoms with Gasteiger partial charge in [0.2, 0.25) is 0 Å². The lowest BCUT2D eigenvalue weighted by Crippen LogP contribution is -2.28. The van der Waals surface area contributed by atoms with Gasteiger partial charge in [-0.3, -0.25) is 0 Å². The Bertz CT molecular complexity index is 603. The Balaban J connectivity index is 0.000000970. The zero-order chi connectivity index (χ0) is 18.7. The summed E-state index contributed by atoms with van der Waals surface area (Å²) in [5, 5.41) is 2.75. The Labute approximate surface area is 162 Å². The predicted octanol–water partition coefficient (Wildman–Crippen LogP) is 3.93. The van der Waals surface area contributed by atoms with E-state index in [9.17, 15) is 0 Å². The Morgan fingerprint density at radius 1 is 0.920 bits per heavy atom. The highest BCUT2D eigenvalue weighted by atomic mass is 32.2. The van der Waals surface area contributed by atoms with Gasteiger partial charge < -0.3 is 19.8 Å². The summed E-state index contributed by atoms with van der Waals surface area (Å²) >= 11 is 5.93. The molecular weight excluding hydrogens is 348 g/mol. The van der Waals surface area contributed by atoms with Gasteiger partial charge in [-0.05, 0) is 76.5 Å². The standard InChI is InChI=1S/C17H23N3S2.C2H7N/c1-19(2)12-13-20(3)17-7-5-4-6-16(17)18-22-15-10-8-14(21)9-11-15;1-3-2/h4-11,18,21H,12-13H2,1-3H3;3H,1-2H3. The van der Waals surface area contributed by atoms with Gasteiger partial charge in [-0.1, -0.05) is 12.1 Å². The van der Waals surface area contributed by atoms with E-state index in [0.29, 0.717) is 0 Å². The van der Waals surface area contributed by atoms with Gasteiger partial charge in [0.25, 0.3) is 0 Å². The third-order valence-electron chi connectivity index (χ3n) is 3.31. The Morgan fingerprint density at radius 3 is 2.12 bits per heavy atom. The summed E-state index contributed by atoms with van der Waals surface area (Å²) in [6, 6.07) is 16.5. The van der Waals surface area contributed by atoms with Crippen molar-refractivity contribution in [3.63, 3.8) is 0 Å². The number of nitrogens with one attached hydrogen (secondary N) is 2. The molecule has 0 atom stereocenters. The maximum atomic E-state index is 4.31. The summed E-state index contributed by atoms with van der Waals surface area (Å²) < 4.78 is 3.45. The molecule has 25 heavy (non-hydrogen) atoms. The molecule has 0 heterocycles. The van der Waals surface area contributed by atoms with Crippen molar-refractivity contribution in [3.8, 4) is 0 Å². The minimum absolute atomic E-state index is 0.980. The van der Waals surface area contributed by atoms with E-state index in [1.807, 2.05) is 26.2 Å². The number of nitrogens with zero attached hydrogens (tertiary/aromatic N) is 2. The third kappa shape index (κ3) is 8.54. The highest BCUT2D eigenvalue weighted by molar-refractivity contribution is 8.00. The van der Waals surface area contributed by atoms with Crippen molar-refractivity contribution in [1.29, 1.82) is 0 Å². The number of hydrogen-bond acceptors (Lipinski definition) is 6. The van der Waals surface area contributed by atoms with Crippen molar-refractivity contribution in [2.75, 3.05) is 57.9 Å². The van der Waals surface area contributed by atoms with Gasteiger partial charge in [0, 0.05) is 29.9 Å². The van der Waals surface area contributed by atoms with Crippen LogP contribution >= 0.6 is 24.6 Å². The number of likely N-dealkylation sites (N-methyl/N-ethyl adjacent to an activating group) is 2. The van der Waals surface area contributed by atoms with Gasteiger partial charge >= 0.3 is 0 Å². The lowest BCUT2D eigenvalue weighted by molar-refractivity contribution is 0.416. The summed E-state index contributed by atoms with van der Waals surface area (Å²) in [5.41, 5.74) is 2.34. The molecule has 2 N–H and O–H groups in total. The predicted molar refractivity (Wildman–Crippen MR) is 116 cm³/mol. The second-order valence-electron chi connectivity index (χ2n) is 5.94. The van der Waals surface area contributed by atoms with Crippen LogP contribution in [0.25, 0.3) is 0 Å². The topological polar surface area (TPSA) is 30.5 Å². The normalized spacial score (nSPS) is 10.2. The first-order valence-corrected chi connectivity index (χ1v) is 9.49. The molecule has 0 bridgehead atoms. The lowest BCUT2D eigenvalue weighted by Gasteiger charge is -2.24. The molecule has 0 aromatic heterocycles. The zero-order valence-corrected chi connectivity index (χ0v) is 17.5. The average molecular weight is 379 g/mol. The van der Waals surface area contributed by atoms with E-state index >= 15 is 0 Å². The highest BCUT2D eigenvalue weighted by Gasteiger charge is 2.07. The zero-order valence-electron chi connectivity index (χ0n) is 15.8. The molecule has 0 amide bonds. The van der Waals surface area contributed by atoms with Crippen LogP contribution in [0.5, 0.6) is 0 Å². The van der Waals surface area contributed by atoms with Crippen molar-refractivity contribution in [2.24, 2.45) is 0 Å². The third-order valence-corrected chi connectivity index (χ3v) is 4.44. The first-order valence-electron chi connectivity index (χ1n) is 8.23. The summed E-state index contributed by atoms with van der Waals surface area (Å²) in [6.45, 7) is 2.02. The van der Waals surface area contributed by atoms with E-state index in [1.54, 1.807) is 11.9 Å². The van der Waals surface area contributed by atoms with Crippen LogP contribution in [0.1, 0.15) is 0 Å². The summed E-state index contributed by atoms with van der Waals surface area (Å²) in [5.74, 6) is 0. The molecule has 0 aliphatic heterocycles. The van der Waals surface area contributed by atoms with E-state index in [0.717, 1.165) is 23.7 Å². The Hall–Kier alpha value is -1.34. The minimum atomic E-state index is 0.980. The maximum Gasteiger partial charge on any atom is 0.0679 e. The van der Waals surface area contributed by atoms with E-state index in [-0.39, 0.29) is 0 Å². The number of para-hydroxylation sites is 2. The van der Waals surface area contributed by atoms with Gasteiger partial charge in [0.05, 0.1) is 11.4 Å². The van der Waals surface area contributed by atoms with Gasteiger partial charge in [-0.2, -0.15) is 0 Å². The van der Waals surface area contributed by atoms with E-state index in [4.69, 9.17) is 0 Å². The summed E-state index contributed by atoms with van der Waals surface area (Å²) in [7, 11) is 10.1. The van der Waals surface area contributed by atoms with Crippen LogP contribution in [-0.2, 0) is 0 Å². The van der Waals surface area contributed by atoms with Crippen LogP contribution < -0.4 is 14.9 Å². The van der Waals surface area contributed by atoms with Crippen LogP contribution in [0.4, 0.5) is 11.4 Å². The quantitative estimate of drug-likeness (QED) is 0.502. The molecule has 138 valence electrons. The molecule has 0 unspecified atom stereocenters. The van der Waals surface area contributed by atoms with E-state index < -0.39 is 0 Å². The van der Waals surface area contributed by atoms with Gasteiger partial charge in [0.1, 0.15) is 0 Å². The van der Waals surface area contributed by atoms with Crippen LogP contribution in [0.2, 0.25) is 0 Å². The second kappa shape index (κ2) is 12.1. The number of hydrogen-bond donors (Lipinski definition) is 3. The first kappa shape index (κ1) is 21.7. The summed E-state index contributed by atoms with van der Waals surface area (Å²) in [6.07, 6.45) is 0. The van der Waals surface area contributed by atoms with Gasteiger partial charge in [0.15, 0.2) is 0 Å². The molecular formula is C19H30N4S2. The van der Waals surface area contributed by atoms with Crippen LogP contribution in [-0.4, -0.2) is 53.2 Å². The average Bonchev–Trinajstić information content (AvgIpc) is 2.60. The van der Waals surface area contributed by atoms with Crippen molar-refractivity contribution in [2.45, 2.75) is 9.79 Å². The maximum absolute atomic E-state index is 4.31. The molecule has 0 saturated carbocycles. The van der Waals surface area contributed by atoms with Gasteiger partial charge in [-0.15, -0.1) is 12.6 Å². The second-order valence-corrected chi connectivity index (χ2v) is 7.34. The molecule has 0 aliphatic carbocycles. The number of thiol groups is 1. The Morgan fingerprint density at radius 2 is 1.52 bits per heavy atom. The fourth-order valence-corrected chi connectivity index (χ4v) is 2.81. The number of anilines is 2. The molecule has 2 aromatic rings. The Kier molecular flexibility index (Phi) is 10.5. The lowest BCUT2D eigenvalue weighted by atomic mass is 10.2. The molecule has 6 heteroatoms. The van der Waals surface area contributed by atoms with Crippen LogP contribution in [0.3, 0.4) is 0 Å². The van der Waals surface area contributed by atoms with Crippen LogP contribution in [0, 0.1) is 0 Å². The molecule has 0 radical (unpaired) electrons. The molecule has 2 rings (SSSR count). The fraction of sp³-hybridized carbons (Fsp3) is 0.368. The fourth-order valence-electron chi connectivity index (χ4n) is 1.99. The van der Waals surface area contributed by atoms with Crippen molar-refractivity contribution in [3.05, 3.63) is 48.5 Å². The molecule has 0 saturated heterocycles. The van der Waals surface area contributed by atoms with E-state index in [2.05, 4.69) is 90.0 Å². The van der Waals surface area contributed by atoms with Gasteiger partial charge in [-0.25, -0.2) is 0 Å². The van der Waals surface area contributed by atoms with Crippen LogP contribution in [0.15, 0.2) is 58.3 Å². The smallest absolute Gasteiger partial charge is 0.0679 e. The minimum Gasteiger partial charge on any atom is -0.372 e. The SMILES string of the molecule is CN(C)CCN(C)c1ccccc1NSc1ccc(S)cc1.CNC. The molecule has 4 nitrogen and oxygen atoms in total. The highest BCUT2D eigenvalue weighted by Crippen LogP contribution is 2.29. The number of benzene rings is 2. The van der Waals surface area contributed by atoms with E-state index in [1.165, 1.54) is 10.6 Å². The monoisotopic (exact) mass is 378 g/mol. The molecule has 0 fully saturated rings. The van der Waals surface area contributed by atoms with Crippen molar-refractivity contribution in [1.82, 2.24) is 10.2 Å². The first-order chi connectivity index (χ1) is 12.0.